The number of aromatic nitrogens is 5. The van der Waals surface area contributed by atoms with Crippen LogP contribution < -0.4 is 16.4 Å². The first kappa shape index (κ1) is 41.6. The van der Waals surface area contributed by atoms with Crippen molar-refractivity contribution in [2.45, 2.75) is 82.6 Å². The first-order valence-electron chi connectivity index (χ1n) is 22.6. The number of nitrogen functional groups attached to an aromatic ring is 1. The maximum absolute atomic E-state index is 15.3. The van der Waals surface area contributed by atoms with Gasteiger partial charge in [0.25, 0.3) is 5.91 Å². The van der Waals surface area contributed by atoms with Gasteiger partial charge < -0.3 is 20.5 Å². The predicted octanol–water partition coefficient (Wildman–Crippen LogP) is 6.19. The standard InChI is InChI=1S/C49H54FN11O3/c1-57-38(26-42-40(12-17-52-47(42)57)35-6-10-45(51)53-27-35)29-59-18-13-32(14-19-59)31-2-4-34(5-3-31)49(64)60-22-23-61-39(30-60)24-37(56-61)28-58-20-15-33(16-21-58)41-8-7-36(25-43(41)50)54-44-9-11-46(62)55-48(44)63/h2-8,10,12,17,24-27,32-33,44,54H,9,11,13-16,18-23,28-30H2,1H3,(H2,51,53)(H,55,62,63). The number of halogens is 1. The second kappa shape index (κ2) is 17.6. The lowest BCUT2D eigenvalue weighted by molar-refractivity contribution is -0.133. The Morgan fingerprint density at radius 1 is 0.844 bits per heavy atom. The third kappa shape index (κ3) is 8.61. The van der Waals surface area contributed by atoms with Gasteiger partial charge in [-0.2, -0.15) is 5.10 Å². The van der Waals surface area contributed by atoms with E-state index < -0.39 is 6.04 Å². The van der Waals surface area contributed by atoms with Gasteiger partial charge in [0.15, 0.2) is 0 Å². The van der Waals surface area contributed by atoms with Crippen molar-refractivity contribution >= 4 is 40.3 Å². The third-order valence-electron chi connectivity index (χ3n) is 13.9. The minimum absolute atomic E-state index is 0.0460. The van der Waals surface area contributed by atoms with Gasteiger partial charge in [-0.25, -0.2) is 14.4 Å². The number of nitrogens with zero attached hydrogens (tertiary/aromatic N) is 8. The van der Waals surface area contributed by atoms with E-state index in [0.717, 1.165) is 92.0 Å². The summed E-state index contributed by atoms with van der Waals surface area (Å²) >= 11 is 0. The molecule has 1 atom stereocenters. The molecular weight excluding hydrogens is 810 g/mol. The largest absolute Gasteiger partial charge is 0.384 e. The number of anilines is 2. The van der Waals surface area contributed by atoms with Crippen LogP contribution in [0.2, 0.25) is 0 Å². The Hall–Kier alpha value is -6.45. The van der Waals surface area contributed by atoms with Crippen LogP contribution in [-0.4, -0.2) is 95.5 Å². The van der Waals surface area contributed by atoms with Crippen LogP contribution in [0.15, 0.2) is 85.2 Å². The molecule has 2 aromatic carbocycles. The lowest BCUT2D eigenvalue weighted by Gasteiger charge is -2.32. The minimum atomic E-state index is -0.550. The van der Waals surface area contributed by atoms with Crippen LogP contribution in [0.4, 0.5) is 15.9 Å². The van der Waals surface area contributed by atoms with Gasteiger partial charge in [-0.1, -0.05) is 18.2 Å². The van der Waals surface area contributed by atoms with E-state index in [1.807, 2.05) is 64.4 Å². The number of rotatable bonds is 10. The molecule has 3 amide bonds. The smallest absolute Gasteiger partial charge is 0.254 e. The zero-order chi connectivity index (χ0) is 43.9. The Morgan fingerprint density at radius 3 is 2.34 bits per heavy atom. The van der Waals surface area contributed by atoms with Crippen molar-refractivity contribution in [2.24, 2.45) is 7.05 Å². The van der Waals surface area contributed by atoms with Crippen LogP contribution in [0.3, 0.4) is 0 Å². The summed E-state index contributed by atoms with van der Waals surface area (Å²) in [5.74, 6) is 0.186. The van der Waals surface area contributed by atoms with E-state index >= 15 is 4.39 Å². The zero-order valence-corrected chi connectivity index (χ0v) is 36.2. The summed E-state index contributed by atoms with van der Waals surface area (Å²) in [6, 6.07) is 23.1. The van der Waals surface area contributed by atoms with Gasteiger partial charge in [0.05, 0.1) is 24.5 Å². The minimum Gasteiger partial charge on any atom is -0.384 e. The van der Waals surface area contributed by atoms with Crippen LogP contribution in [0.25, 0.3) is 22.2 Å². The van der Waals surface area contributed by atoms with Crippen LogP contribution in [-0.2, 0) is 42.8 Å². The number of fused-ring (bicyclic) bond motifs is 2. The fraction of sp³-hybridized carbons (Fsp3) is 0.388. The number of imide groups is 1. The average molecular weight is 864 g/mol. The molecule has 1 unspecified atom stereocenters. The number of carbonyl (C=O) groups is 3. The zero-order valence-electron chi connectivity index (χ0n) is 36.2. The number of benzene rings is 2. The van der Waals surface area contributed by atoms with E-state index in [4.69, 9.17) is 15.8 Å². The first-order chi connectivity index (χ1) is 31.1. The van der Waals surface area contributed by atoms with E-state index in [-0.39, 0.29) is 35.9 Å². The maximum atomic E-state index is 15.3. The predicted molar refractivity (Wildman–Crippen MR) is 242 cm³/mol. The summed E-state index contributed by atoms with van der Waals surface area (Å²) in [6.45, 7) is 7.02. The van der Waals surface area contributed by atoms with Gasteiger partial charge in [0.2, 0.25) is 11.8 Å². The van der Waals surface area contributed by atoms with E-state index in [0.29, 0.717) is 61.1 Å². The fourth-order valence-electron chi connectivity index (χ4n) is 10.2. The van der Waals surface area contributed by atoms with Gasteiger partial charge in [-0.05, 0) is 141 Å². The monoisotopic (exact) mass is 863 g/mol. The number of amides is 3. The molecule has 4 aliphatic rings. The lowest BCUT2D eigenvalue weighted by Crippen LogP contribution is -2.47. The summed E-state index contributed by atoms with van der Waals surface area (Å²) in [5.41, 5.74) is 15.4. The fourth-order valence-corrected chi connectivity index (χ4v) is 10.2. The van der Waals surface area contributed by atoms with Crippen LogP contribution >= 0.6 is 0 Å². The molecule has 4 aromatic heterocycles. The second-order valence-electron chi connectivity index (χ2n) is 17.9. The number of piperidine rings is 3. The van der Waals surface area contributed by atoms with Crippen molar-refractivity contribution in [1.29, 1.82) is 0 Å². The SMILES string of the molecule is Cn1c(CN2CCC(c3ccc(C(=O)N4CCn5nc(CN6CCC(c7ccc(NC8CCC(=O)NC8=O)cc7F)CC6)cc5C4)cc3)CC2)cc2c(-c3ccc(N)nc3)ccnc21. The van der Waals surface area contributed by atoms with Gasteiger partial charge >= 0.3 is 0 Å². The molecule has 10 rings (SSSR count). The number of nitrogens with two attached hydrogens (primary N) is 1. The lowest BCUT2D eigenvalue weighted by atomic mass is 9.89. The molecule has 4 N–H and O–H groups in total. The van der Waals surface area contributed by atoms with E-state index in [9.17, 15) is 14.4 Å². The molecule has 0 bridgehead atoms. The average Bonchev–Trinajstić information content (AvgIpc) is 3.86. The molecule has 8 heterocycles. The number of nitrogens with one attached hydrogen (secondary N) is 2. The van der Waals surface area contributed by atoms with E-state index in [2.05, 4.69) is 61.3 Å². The Labute approximate surface area is 371 Å². The van der Waals surface area contributed by atoms with Crippen LogP contribution in [0.5, 0.6) is 0 Å². The molecular formula is C49H54FN11O3. The van der Waals surface area contributed by atoms with Gasteiger partial charge in [0.1, 0.15) is 23.3 Å². The normalized spacial score (nSPS) is 19.2. The Balaban J connectivity index is 0.690. The molecule has 0 saturated carbocycles. The molecule has 0 aliphatic carbocycles. The van der Waals surface area contributed by atoms with E-state index in [1.54, 1.807) is 0 Å². The molecule has 3 saturated heterocycles. The van der Waals surface area contributed by atoms with Crippen molar-refractivity contribution < 1.29 is 18.8 Å². The molecule has 330 valence electrons. The second-order valence-corrected chi connectivity index (χ2v) is 17.9. The summed E-state index contributed by atoms with van der Waals surface area (Å²) in [6.07, 6.45) is 8.13. The van der Waals surface area contributed by atoms with Crippen molar-refractivity contribution in [2.75, 3.05) is 43.8 Å². The topological polar surface area (TPSA) is 160 Å². The molecule has 3 fully saturated rings. The van der Waals surface area contributed by atoms with Crippen molar-refractivity contribution in [3.8, 4) is 11.1 Å². The summed E-state index contributed by atoms with van der Waals surface area (Å²) < 4.78 is 19.5. The molecule has 15 heteroatoms. The number of pyridine rings is 2. The highest BCUT2D eigenvalue weighted by Crippen LogP contribution is 2.34. The number of hydrogen-bond acceptors (Lipinski definition) is 10. The Bertz CT molecular complexity index is 2700. The molecule has 0 radical (unpaired) electrons. The van der Waals surface area contributed by atoms with Crippen LogP contribution in [0.1, 0.15) is 88.9 Å². The highest BCUT2D eigenvalue weighted by Gasteiger charge is 2.29. The molecule has 4 aliphatic heterocycles. The Kier molecular flexibility index (Phi) is 11.4. The molecule has 14 nitrogen and oxygen atoms in total. The summed E-state index contributed by atoms with van der Waals surface area (Å²) in [4.78, 5) is 53.2. The van der Waals surface area contributed by atoms with Crippen molar-refractivity contribution in [3.63, 3.8) is 0 Å². The van der Waals surface area contributed by atoms with E-state index in [1.165, 1.54) is 17.3 Å². The Morgan fingerprint density at radius 2 is 1.61 bits per heavy atom. The summed E-state index contributed by atoms with van der Waals surface area (Å²) in [7, 11) is 2.09. The highest BCUT2D eigenvalue weighted by atomic mass is 19.1. The molecule has 64 heavy (non-hydrogen) atoms. The van der Waals surface area contributed by atoms with Gasteiger partial charge in [-0.3, -0.25) is 34.2 Å². The number of hydrogen-bond donors (Lipinski definition) is 3. The highest BCUT2D eigenvalue weighted by molar-refractivity contribution is 6.01. The van der Waals surface area contributed by atoms with Crippen molar-refractivity contribution in [1.82, 2.24) is 44.3 Å². The van der Waals surface area contributed by atoms with Gasteiger partial charge in [0, 0.05) is 73.4 Å². The van der Waals surface area contributed by atoms with Crippen LogP contribution in [0, 0.1) is 5.82 Å². The number of carbonyl (C=O) groups excluding carboxylic acids is 3. The van der Waals surface area contributed by atoms with Gasteiger partial charge in [-0.15, -0.1) is 0 Å². The third-order valence-corrected chi connectivity index (χ3v) is 13.9. The first-order valence-corrected chi connectivity index (χ1v) is 22.6. The number of likely N-dealkylation sites (tertiary alicyclic amines) is 2. The molecule has 6 aromatic rings. The quantitative estimate of drug-likeness (QED) is 0.136. The molecule has 0 spiro atoms. The number of aryl methyl sites for hydroxylation is 1. The summed E-state index contributed by atoms with van der Waals surface area (Å²) in [5, 5.41) is 11.4. The maximum Gasteiger partial charge on any atom is 0.254 e. The van der Waals surface area contributed by atoms with Crippen molar-refractivity contribution in [3.05, 3.63) is 125 Å².